The van der Waals surface area contributed by atoms with Crippen molar-refractivity contribution in [3.63, 3.8) is 0 Å². The van der Waals surface area contributed by atoms with Gasteiger partial charge in [-0.15, -0.1) is 0 Å². The second-order valence-electron chi connectivity index (χ2n) is 6.27. The van der Waals surface area contributed by atoms with Gasteiger partial charge in [0.15, 0.2) is 0 Å². The van der Waals surface area contributed by atoms with Crippen LogP contribution in [-0.4, -0.2) is 28.4 Å². The molecular weight excluding hydrogens is 224 g/mol. The first-order valence-corrected chi connectivity index (χ1v) is 7.27. The molecule has 0 aliphatic heterocycles. The van der Waals surface area contributed by atoms with Gasteiger partial charge in [-0.25, -0.2) is 4.98 Å². The minimum absolute atomic E-state index is 0.445. The van der Waals surface area contributed by atoms with Gasteiger partial charge >= 0.3 is 0 Å². The van der Waals surface area contributed by atoms with Crippen LogP contribution in [-0.2, 0) is 13.0 Å². The molecule has 100 valence electrons. The van der Waals surface area contributed by atoms with Crippen LogP contribution in [0.2, 0.25) is 0 Å². The zero-order chi connectivity index (χ0) is 12.6. The van der Waals surface area contributed by atoms with Crippen LogP contribution in [0.3, 0.4) is 0 Å². The molecule has 0 saturated heterocycles. The quantitative estimate of drug-likeness (QED) is 0.835. The molecular formula is C14H24N4. The molecule has 2 unspecified atom stereocenters. The third-order valence-electron chi connectivity index (χ3n) is 4.68. The molecule has 1 heterocycles. The molecule has 18 heavy (non-hydrogen) atoms. The molecule has 1 aromatic rings. The zero-order valence-corrected chi connectivity index (χ0v) is 11.5. The van der Waals surface area contributed by atoms with Crippen LogP contribution in [0.15, 0.2) is 6.33 Å². The first-order valence-electron chi connectivity index (χ1n) is 7.27. The van der Waals surface area contributed by atoms with E-state index in [1.54, 1.807) is 6.33 Å². The number of hydrogen-bond donors (Lipinski definition) is 1. The topological polar surface area (TPSA) is 42.7 Å². The predicted octanol–water partition coefficient (Wildman–Crippen LogP) is 1.87. The smallest absolute Gasteiger partial charge is 0.138 e. The minimum atomic E-state index is 0.445. The van der Waals surface area contributed by atoms with Gasteiger partial charge in [0.1, 0.15) is 12.2 Å². The Balaban J connectivity index is 1.74. The van der Waals surface area contributed by atoms with E-state index >= 15 is 0 Å². The minimum Gasteiger partial charge on any atom is -0.319 e. The second kappa shape index (κ2) is 4.65. The summed E-state index contributed by atoms with van der Waals surface area (Å²) < 4.78 is 2.10. The van der Waals surface area contributed by atoms with Crippen molar-refractivity contribution in [1.82, 2.24) is 20.1 Å². The average molecular weight is 248 g/mol. The molecule has 2 fully saturated rings. The Hall–Kier alpha value is -0.900. The van der Waals surface area contributed by atoms with E-state index in [4.69, 9.17) is 0 Å². The highest BCUT2D eigenvalue weighted by molar-refractivity contribution is 5.07. The maximum Gasteiger partial charge on any atom is 0.138 e. The molecule has 0 radical (unpaired) electrons. The normalized spacial score (nSPS) is 33.7. The van der Waals surface area contributed by atoms with Crippen LogP contribution >= 0.6 is 0 Å². The number of aromatic nitrogens is 3. The summed E-state index contributed by atoms with van der Waals surface area (Å²) in [7, 11) is 2.07. The van der Waals surface area contributed by atoms with Gasteiger partial charge < -0.3 is 5.32 Å². The van der Waals surface area contributed by atoms with Crippen molar-refractivity contribution in [3.8, 4) is 0 Å². The van der Waals surface area contributed by atoms with Crippen LogP contribution in [0.1, 0.15) is 38.4 Å². The molecule has 0 spiro atoms. The van der Waals surface area contributed by atoms with Crippen LogP contribution in [0.25, 0.3) is 0 Å². The van der Waals surface area contributed by atoms with Crippen LogP contribution in [0.4, 0.5) is 0 Å². The fraction of sp³-hybridized carbons (Fsp3) is 0.857. The van der Waals surface area contributed by atoms with Crippen molar-refractivity contribution in [2.45, 2.75) is 45.6 Å². The van der Waals surface area contributed by atoms with Gasteiger partial charge in [0.2, 0.25) is 0 Å². The molecule has 0 amide bonds. The largest absolute Gasteiger partial charge is 0.319 e. The summed E-state index contributed by atoms with van der Waals surface area (Å²) in [6.45, 7) is 4.32. The lowest BCUT2D eigenvalue weighted by atomic mass is 9.79. The standard InChI is InChI=1S/C14H24N4/c1-3-4-18-13(16-10-17-18)8-14(9-15-2)6-11-5-12(11)7-14/h10-12,15H,3-9H2,1-2H3. The van der Waals surface area contributed by atoms with E-state index in [0.717, 1.165) is 37.8 Å². The zero-order valence-electron chi connectivity index (χ0n) is 11.5. The van der Waals surface area contributed by atoms with Gasteiger partial charge in [-0.3, -0.25) is 4.68 Å². The highest BCUT2D eigenvalue weighted by atomic mass is 15.3. The Kier molecular flexibility index (Phi) is 3.14. The summed E-state index contributed by atoms with van der Waals surface area (Å²) in [6, 6.07) is 0. The Morgan fingerprint density at radius 2 is 2.22 bits per heavy atom. The average Bonchev–Trinajstić information content (AvgIpc) is 2.76. The van der Waals surface area contributed by atoms with Crippen molar-refractivity contribution < 1.29 is 0 Å². The summed E-state index contributed by atoms with van der Waals surface area (Å²) in [5.74, 6) is 3.22. The van der Waals surface area contributed by atoms with Gasteiger partial charge in [0.05, 0.1) is 0 Å². The molecule has 4 heteroatoms. The molecule has 1 aromatic heterocycles. The fourth-order valence-electron chi connectivity index (χ4n) is 3.89. The molecule has 2 atom stereocenters. The summed E-state index contributed by atoms with van der Waals surface area (Å²) in [6.07, 6.45) is 8.19. The molecule has 2 aliphatic rings. The maximum absolute atomic E-state index is 4.49. The van der Waals surface area contributed by atoms with Crippen LogP contribution < -0.4 is 5.32 Å². The molecule has 2 aliphatic carbocycles. The third-order valence-corrected chi connectivity index (χ3v) is 4.68. The highest BCUT2D eigenvalue weighted by Crippen LogP contribution is 2.60. The number of aryl methyl sites for hydroxylation is 1. The SMILES string of the molecule is CCCn1ncnc1CC1(CNC)CC2CC2C1. The van der Waals surface area contributed by atoms with Gasteiger partial charge in [0, 0.05) is 19.5 Å². The van der Waals surface area contributed by atoms with E-state index in [9.17, 15) is 0 Å². The first-order chi connectivity index (χ1) is 8.76. The molecule has 2 saturated carbocycles. The van der Waals surface area contributed by atoms with Gasteiger partial charge in [-0.05, 0) is 50.0 Å². The Morgan fingerprint density at radius 3 is 2.89 bits per heavy atom. The monoisotopic (exact) mass is 248 g/mol. The van der Waals surface area contributed by atoms with E-state index in [-0.39, 0.29) is 0 Å². The highest BCUT2D eigenvalue weighted by Gasteiger charge is 2.53. The van der Waals surface area contributed by atoms with Crippen LogP contribution in [0.5, 0.6) is 0 Å². The molecule has 4 nitrogen and oxygen atoms in total. The number of fused-ring (bicyclic) bond motifs is 1. The Morgan fingerprint density at radius 1 is 1.44 bits per heavy atom. The van der Waals surface area contributed by atoms with Crippen molar-refractivity contribution >= 4 is 0 Å². The number of nitrogens with one attached hydrogen (secondary N) is 1. The Bertz CT molecular complexity index is 402. The number of rotatable bonds is 6. The van der Waals surface area contributed by atoms with E-state index in [1.165, 1.54) is 25.1 Å². The van der Waals surface area contributed by atoms with Crippen LogP contribution in [0, 0.1) is 17.3 Å². The molecule has 0 aromatic carbocycles. The van der Waals surface area contributed by atoms with Gasteiger partial charge in [0.25, 0.3) is 0 Å². The summed E-state index contributed by atoms with van der Waals surface area (Å²) in [5.41, 5.74) is 0.445. The summed E-state index contributed by atoms with van der Waals surface area (Å²) in [4.78, 5) is 4.49. The van der Waals surface area contributed by atoms with Crippen molar-refractivity contribution in [2.75, 3.05) is 13.6 Å². The third kappa shape index (κ3) is 2.18. The molecule has 1 N–H and O–H groups in total. The fourth-order valence-corrected chi connectivity index (χ4v) is 3.89. The van der Waals surface area contributed by atoms with E-state index in [0.29, 0.717) is 5.41 Å². The lowest BCUT2D eigenvalue weighted by Crippen LogP contribution is -2.34. The second-order valence-corrected chi connectivity index (χ2v) is 6.27. The van der Waals surface area contributed by atoms with E-state index < -0.39 is 0 Å². The van der Waals surface area contributed by atoms with Gasteiger partial charge in [-0.2, -0.15) is 5.10 Å². The number of nitrogens with zero attached hydrogens (tertiary/aromatic N) is 3. The molecule has 3 rings (SSSR count). The lowest BCUT2D eigenvalue weighted by molar-refractivity contribution is 0.245. The Labute approximate surface area is 109 Å². The van der Waals surface area contributed by atoms with E-state index in [1.807, 2.05) is 0 Å². The summed E-state index contributed by atoms with van der Waals surface area (Å²) >= 11 is 0. The lowest BCUT2D eigenvalue weighted by Gasteiger charge is -2.30. The van der Waals surface area contributed by atoms with E-state index in [2.05, 4.69) is 34.1 Å². The van der Waals surface area contributed by atoms with Crippen molar-refractivity contribution in [1.29, 1.82) is 0 Å². The summed E-state index contributed by atoms with van der Waals surface area (Å²) in [5, 5.41) is 7.75. The van der Waals surface area contributed by atoms with Crippen molar-refractivity contribution in [2.24, 2.45) is 17.3 Å². The van der Waals surface area contributed by atoms with Gasteiger partial charge in [-0.1, -0.05) is 6.92 Å². The number of hydrogen-bond acceptors (Lipinski definition) is 3. The van der Waals surface area contributed by atoms with Crippen molar-refractivity contribution in [3.05, 3.63) is 12.2 Å². The maximum atomic E-state index is 4.49. The molecule has 0 bridgehead atoms. The first kappa shape index (κ1) is 12.2. The predicted molar refractivity (Wildman–Crippen MR) is 71.2 cm³/mol.